The van der Waals surface area contributed by atoms with Gasteiger partial charge in [-0.3, -0.25) is 4.79 Å². The number of phenols is 1. The van der Waals surface area contributed by atoms with E-state index in [4.69, 9.17) is 5.11 Å². The van der Waals surface area contributed by atoms with Crippen molar-refractivity contribution in [2.24, 2.45) is 0 Å². The molecule has 0 spiro atoms. The first-order chi connectivity index (χ1) is 11.3. The van der Waals surface area contributed by atoms with Crippen molar-refractivity contribution in [1.29, 1.82) is 0 Å². The molecule has 0 bridgehead atoms. The van der Waals surface area contributed by atoms with Crippen molar-refractivity contribution in [2.45, 2.75) is 46.1 Å². The molecule has 0 aliphatic rings. The lowest BCUT2D eigenvalue weighted by Crippen LogP contribution is -2.18. The Bertz CT molecular complexity index is 727. The van der Waals surface area contributed by atoms with Crippen molar-refractivity contribution in [2.75, 3.05) is 11.9 Å². The molecule has 1 aromatic heterocycles. The second-order valence-electron chi connectivity index (χ2n) is 6.98. The maximum absolute atomic E-state index is 12.7. The summed E-state index contributed by atoms with van der Waals surface area (Å²) in [4.78, 5) is 12.7. The molecule has 130 valence electrons. The van der Waals surface area contributed by atoms with Crippen LogP contribution in [0.1, 0.15) is 48.9 Å². The Kier molecular flexibility index (Phi) is 5.34. The van der Waals surface area contributed by atoms with Crippen molar-refractivity contribution in [3.05, 3.63) is 47.3 Å². The zero-order chi connectivity index (χ0) is 17.9. The number of aliphatic hydroxyl groups is 1. The summed E-state index contributed by atoms with van der Waals surface area (Å²) in [5.41, 5.74) is 2.77. The lowest BCUT2D eigenvalue weighted by atomic mass is 9.92. The molecule has 0 saturated heterocycles. The minimum atomic E-state index is -0.248. The molecule has 3 N–H and O–H groups in total. The number of anilines is 1. The van der Waals surface area contributed by atoms with Crippen LogP contribution in [0.2, 0.25) is 0 Å². The number of rotatable bonds is 5. The second-order valence-corrected chi connectivity index (χ2v) is 6.98. The van der Waals surface area contributed by atoms with Crippen molar-refractivity contribution >= 4 is 11.6 Å². The third kappa shape index (κ3) is 3.79. The maximum Gasteiger partial charge on any atom is 0.257 e. The van der Waals surface area contributed by atoms with Crippen LogP contribution in [0.15, 0.2) is 30.3 Å². The molecule has 0 atom stereocenters. The quantitative estimate of drug-likeness (QED) is 0.735. The lowest BCUT2D eigenvalue weighted by Gasteiger charge is -2.22. The van der Waals surface area contributed by atoms with Gasteiger partial charge in [0.05, 0.1) is 11.3 Å². The summed E-state index contributed by atoms with van der Waals surface area (Å²) in [6, 6.07) is 8.57. The molecular weight excluding hydrogens is 304 g/mol. The number of nitrogens with zero attached hydrogens (tertiary/aromatic N) is 1. The number of amides is 1. The molecule has 2 rings (SSSR count). The van der Waals surface area contributed by atoms with E-state index in [0.29, 0.717) is 24.2 Å². The maximum atomic E-state index is 12.7. The number of hydrogen-bond donors (Lipinski definition) is 3. The third-order valence-corrected chi connectivity index (χ3v) is 4.07. The van der Waals surface area contributed by atoms with E-state index in [2.05, 4.69) is 30.7 Å². The van der Waals surface area contributed by atoms with Crippen molar-refractivity contribution in [1.82, 2.24) is 4.57 Å². The van der Waals surface area contributed by atoms with Crippen LogP contribution in [-0.2, 0) is 12.0 Å². The van der Waals surface area contributed by atoms with Crippen LogP contribution in [0.4, 0.5) is 5.69 Å². The van der Waals surface area contributed by atoms with Gasteiger partial charge >= 0.3 is 0 Å². The Morgan fingerprint density at radius 3 is 2.50 bits per heavy atom. The van der Waals surface area contributed by atoms with Gasteiger partial charge < -0.3 is 20.1 Å². The number of nitrogens with one attached hydrogen (secondary N) is 1. The molecule has 2 aromatic rings. The number of phenolic OH excluding ortho intramolecular Hbond substituents is 1. The van der Waals surface area contributed by atoms with E-state index in [1.807, 2.05) is 13.0 Å². The fourth-order valence-corrected chi connectivity index (χ4v) is 2.78. The fraction of sp³-hybridized carbons (Fsp3) is 0.421. The van der Waals surface area contributed by atoms with Gasteiger partial charge in [0.25, 0.3) is 5.91 Å². The van der Waals surface area contributed by atoms with E-state index in [1.54, 1.807) is 18.2 Å². The van der Waals surface area contributed by atoms with Crippen molar-refractivity contribution in [3.8, 4) is 5.75 Å². The Balaban J connectivity index is 2.37. The average Bonchev–Trinajstić information content (AvgIpc) is 2.84. The summed E-state index contributed by atoms with van der Waals surface area (Å²) >= 11 is 0. The number of aromatic nitrogens is 1. The predicted octanol–water partition coefficient (Wildman–Crippen LogP) is 3.43. The van der Waals surface area contributed by atoms with E-state index in [0.717, 1.165) is 11.4 Å². The first kappa shape index (κ1) is 18.1. The van der Waals surface area contributed by atoms with Crippen LogP contribution >= 0.6 is 0 Å². The Morgan fingerprint density at radius 2 is 1.92 bits per heavy atom. The summed E-state index contributed by atoms with van der Waals surface area (Å²) in [7, 11) is 0. The summed E-state index contributed by atoms with van der Waals surface area (Å²) in [5, 5.41) is 21.7. The Morgan fingerprint density at radius 1 is 1.25 bits per heavy atom. The van der Waals surface area contributed by atoms with Crippen molar-refractivity contribution in [3.63, 3.8) is 0 Å². The molecule has 1 aromatic carbocycles. The number of para-hydroxylation sites is 2. The number of hydrogen-bond acceptors (Lipinski definition) is 3. The summed E-state index contributed by atoms with van der Waals surface area (Å²) < 4.78 is 2.09. The first-order valence-corrected chi connectivity index (χ1v) is 8.16. The standard InChI is InChI=1S/C19H26N2O3/c1-13-14(18(24)20-15-8-5-6-9-16(15)23)12-17(19(2,3)4)21(13)10-7-11-22/h5-6,8-9,12,22-23H,7,10-11H2,1-4H3,(H,20,24). The van der Waals surface area contributed by atoms with Gasteiger partial charge in [-0.1, -0.05) is 32.9 Å². The average molecular weight is 330 g/mol. The van der Waals surface area contributed by atoms with Crippen LogP contribution in [0.5, 0.6) is 5.75 Å². The Labute approximate surface area is 142 Å². The Hall–Kier alpha value is -2.27. The minimum Gasteiger partial charge on any atom is -0.506 e. The summed E-state index contributed by atoms with van der Waals surface area (Å²) in [6.45, 7) is 8.98. The van der Waals surface area contributed by atoms with Gasteiger partial charge in [0.2, 0.25) is 0 Å². The molecule has 5 heteroatoms. The van der Waals surface area contributed by atoms with Crippen LogP contribution in [0, 0.1) is 6.92 Å². The zero-order valence-corrected chi connectivity index (χ0v) is 14.8. The number of carbonyl (C=O) groups is 1. The number of carbonyl (C=O) groups excluding carboxylic acids is 1. The molecule has 1 heterocycles. The van der Waals surface area contributed by atoms with E-state index < -0.39 is 0 Å². The highest BCUT2D eigenvalue weighted by Crippen LogP contribution is 2.29. The smallest absolute Gasteiger partial charge is 0.257 e. The van der Waals surface area contributed by atoms with Gasteiger partial charge in [-0.15, -0.1) is 0 Å². The molecule has 0 unspecified atom stereocenters. The molecule has 1 amide bonds. The van der Waals surface area contributed by atoms with Gasteiger partial charge in [-0.2, -0.15) is 0 Å². The van der Waals surface area contributed by atoms with Gasteiger partial charge in [0.1, 0.15) is 5.75 Å². The largest absolute Gasteiger partial charge is 0.506 e. The second kappa shape index (κ2) is 7.09. The zero-order valence-electron chi connectivity index (χ0n) is 14.8. The van der Waals surface area contributed by atoms with E-state index in [-0.39, 0.29) is 23.7 Å². The highest BCUT2D eigenvalue weighted by molar-refractivity contribution is 6.06. The first-order valence-electron chi connectivity index (χ1n) is 8.16. The molecule has 24 heavy (non-hydrogen) atoms. The predicted molar refractivity (Wildman–Crippen MR) is 95.6 cm³/mol. The lowest BCUT2D eigenvalue weighted by molar-refractivity contribution is 0.102. The normalized spacial score (nSPS) is 11.5. The van der Waals surface area contributed by atoms with Crippen LogP contribution in [0.3, 0.4) is 0 Å². The number of aromatic hydroxyl groups is 1. The summed E-state index contributed by atoms with van der Waals surface area (Å²) in [6.07, 6.45) is 0.638. The molecule has 0 aliphatic heterocycles. The fourth-order valence-electron chi connectivity index (χ4n) is 2.78. The monoisotopic (exact) mass is 330 g/mol. The molecule has 5 nitrogen and oxygen atoms in total. The van der Waals surface area contributed by atoms with Crippen LogP contribution in [-0.4, -0.2) is 27.3 Å². The molecule has 0 fully saturated rings. The minimum absolute atomic E-state index is 0.0410. The highest BCUT2D eigenvalue weighted by Gasteiger charge is 2.25. The van der Waals surface area contributed by atoms with Crippen LogP contribution < -0.4 is 5.32 Å². The molecule has 0 radical (unpaired) electrons. The SMILES string of the molecule is Cc1c(C(=O)Nc2ccccc2O)cc(C(C)(C)C)n1CCCO. The topological polar surface area (TPSA) is 74.5 Å². The van der Waals surface area contributed by atoms with Gasteiger partial charge in [0, 0.05) is 30.0 Å². The van der Waals surface area contributed by atoms with E-state index in [9.17, 15) is 9.90 Å². The third-order valence-electron chi connectivity index (χ3n) is 4.07. The number of aliphatic hydroxyl groups excluding tert-OH is 1. The van der Waals surface area contributed by atoms with E-state index in [1.165, 1.54) is 6.07 Å². The molecule has 0 aliphatic carbocycles. The van der Waals surface area contributed by atoms with Gasteiger partial charge in [-0.25, -0.2) is 0 Å². The van der Waals surface area contributed by atoms with E-state index >= 15 is 0 Å². The van der Waals surface area contributed by atoms with Crippen LogP contribution in [0.25, 0.3) is 0 Å². The highest BCUT2D eigenvalue weighted by atomic mass is 16.3. The number of benzene rings is 1. The summed E-state index contributed by atoms with van der Waals surface area (Å²) in [5.74, 6) is -0.207. The molecule has 0 saturated carbocycles. The molecular formula is C19H26N2O3. The van der Waals surface area contributed by atoms with Gasteiger partial charge in [0.15, 0.2) is 0 Å². The van der Waals surface area contributed by atoms with Gasteiger partial charge in [-0.05, 0) is 31.5 Å². The van der Waals surface area contributed by atoms with Crippen molar-refractivity contribution < 1.29 is 15.0 Å².